The topological polar surface area (TPSA) is 46.6 Å². The second-order valence-electron chi connectivity index (χ2n) is 5.25. The van der Waals surface area contributed by atoms with Gasteiger partial charge in [-0.1, -0.05) is 0 Å². The molecule has 2 atom stereocenters. The summed E-state index contributed by atoms with van der Waals surface area (Å²) in [6, 6.07) is 5.27. The van der Waals surface area contributed by atoms with Gasteiger partial charge < -0.3 is 9.64 Å². The van der Waals surface area contributed by atoms with Crippen molar-refractivity contribution in [2.24, 2.45) is 5.92 Å². The molecule has 1 aromatic carbocycles. The van der Waals surface area contributed by atoms with Crippen LogP contribution in [0, 0.1) is 11.7 Å². The van der Waals surface area contributed by atoms with E-state index in [4.69, 9.17) is 4.74 Å². The fourth-order valence-electron chi connectivity index (χ4n) is 2.75. The average Bonchev–Trinajstić information content (AvgIpc) is 2.48. The zero-order valence-corrected chi connectivity index (χ0v) is 12.3. The van der Waals surface area contributed by atoms with Crippen molar-refractivity contribution in [2.75, 3.05) is 13.2 Å². The van der Waals surface area contributed by atoms with Crippen LogP contribution in [-0.4, -0.2) is 36.0 Å². The molecule has 1 aliphatic rings. The normalized spacial score (nSPS) is 22.0. The van der Waals surface area contributed by atoms with Crippen LogP contribution in [0.3, 0.4) is 0 Å². The minimum Gasteiger partial charge on any atom is -0.466 e. The summed E-state index contributed by atoms with van der Waals surface area (Å²) in [5.74, 6) is -1.08. The van der Waals surface area contributed by atoms with E-state index in [1.54, 1.807) is 11.8 Å². The number of ether oxygens (including phenoxy) is 1. The molecule has 0 radical (unpaired) electrons. The average molecular weight is 293 g/mol. The van der Waals surface area contributed by atoms with Crippen molar-refractivity contribution >= 4 is 11.9 Å². The molecule has 21 heavy (non-hydrogen) atoms. The summed E-state index contributed by atoms with van der Waals surface area (Å²) in [5, 5.41) is 0. The zero-order chi connectivity index (χ0) is 15.4. The first-order valence-electron chi connectivity index (χ1n) is 7.27. The lowest BCUT2D eigenvalue weighted by Crippen LogP contribution is -2.49. The highest BCUT2D eigenvalue weighted by Gasteiger charge is 2.36. The minimum atomic E-state index is -0.373. The summed E-state index contributed by atoms with van der Waals surface area (Å²) < 4.78 is 18.0. The van der Waals surface area contributed by atoms with Crippen LogP contribution in [0.15, 0.2) is 24.3 Å². The second-order valence-corrected chi connectivity index (χ2v) is 5.25. The van der Waals surface area contributed by atoms with E-state index in [0.717, 1.165) is 12.8 Å². The van der Waals surface area contributed by atoms with E-state index in [2.05, 4.69) is 0 Å². The number of benzene rings is 1. The van der Waals surface area contributed by atoms with E-state index in [1.165, 1.54) is 24.3 Å². The van der Waals surface area contributed by atoms with Gasteiger partial charge in [-0.3, -0.25) is 9.59 Å². The quantitative estimate of drug-likeness (QED) is 0.805. The molecule has 1 saturated heterocycles. The lowest BCUT2D eigenvalue weighted by atomic mass is 9.89. The number of hydrogen-bond donors (Lipinski definition) is 0. The van der Waals surface area contributed by atoms with E-state index >= 15 is 0 Å². The Hall–Kier alpha value is -1.91. The van der Waals surface area contributed by atoms with Crippen molar-refractivity contribution in [3.63, 3.8) is 0 Å². The van der Waals surface area contributed by atoms with Crippen molar-refractivity contribution in [1.82, 2.24) is 4.90 Å². The summed E-state index contributed by atoms with van der Waals surface area (Å²) >= 11 is 0. The molecule has 0 bridgehead atoms. The predicted octanol–water partition coefficient (Wildman–Crippen LogP) is 2.63. The summed E-state index contributed by atoms with van der Waals surface area (Å²) in [4.78, 5) is 26.1. The SMILES string of the molecule is CCOC(=O)C1CCCN(C(=O)c2ccc(F)cc2)C1C. The Morgan fingerprint density at radius 1 is 1.33 bits per heavy atom. The van der Waals surface area contributed by atoms with Crippen LogP contribution < -0.4 is 0 Å². The Morgan fingerprint density at radius 3 is 2.62 bits per heavy atom. The van der Waals surface area contributed by atoms with Crippen LogP contribution in [0.25, 0.3) is 0 Å². The van der Waals surface area contributed by atoms with Crippen molar-refractivity contribution in [2.45, 2.75) is 32.7 Å². The molecule has 0 N–H and O–H groups in total. The van der Waals surface area contributed by atoms with Crippen molar-refractivity contribution in [1.29, 1.82) is 0 Å². The maximum absolute atomic E-state index is 12.9. The molecule has 2 unspecified atom stereocenters. The highest BCUT2D eigenvalue weighted by molar-refractivity contribution is 5.94. The highest BCUT2D eigenvalue weighted by atomic mass is 19.1. The van der Waals surface area contributed by atoms with Crippen molar-refractivity contribution in [3.8, 4) is 0 Å². The Bertz CT molecular complexity index is 515. The van der Waals surface area contributed by atoms with Gasteiger partial charge in [0.25, 0.3) is 5.91 Å². The number of nitrogens with zero attached hydrogens (tertiary/aromatic N) is 1. The third-order valence-electron chi connectivity index (χ3n) is 3.93. The fraction of sp³-hybridized carbons (Fsp3) is 0.500. The van der Waals surface area contributed by atoms with E-state index in [0.29, 0.717) is 18.7 Å². The number of amides is 1. The smallest absolute Gasteiger partial charge is 0.311 e. The predicted molar refractivity (Wildman–Crippen MR) is 76.3 cm³/mol. The zero-order valence-electron chi connectivity index (χ0n) is 12.3. The molecule has 1 aliphatic heterocycles. The monoisotopic (exact) mass is 293 g/mol. The van der Waals surface area contributed by atoms with Crippen LogP contribution in [-0.2, 0) is 9.53 Å². The third kappa shape index (κ3) is 3.40. The number of carbonyl (C=O) groups is 2. The van der Waals surface area contributed by atoms with Gasteiger partial charge >= 0.3 is 5.97 Å². The third-order valence-corrected chi connectivity index (χ3v) is 3.93. The van der Waals surface area contributed by atoms with Crippen LogP contribution >= 0.6 is 0 Å². The molecule has 0 aromatic heterocycles. The van der Waals surface area contributed by atoms with Gasteiger partial charge in [0.1, 0.15) is 5.82 Å². The van der Waals surface area contributed by atoms with Crippen LogP contribution in [0.2, 0.25) is 0 Å². The molecule has 4 nitrogen and oxygen atoms in total. The lowest BCUT2D eigenvalue weighted by molar-refractivity contribution is -0.151. The number of esters is 1. The van der Waals surface area contributed by atoms with E-state index in [1.807, 2.05) is 6.92 Å². The first-order valence-corrected chi connectivity index (χ1v) is 7.27. The number of piperidine rings is 1. The Morgan fingerprint density at radius 2 is 2.00 bits per heavy atom. The van der Waals surface area contributed by atoms with E-state index in [9.17, 15) is 14.0 Å². The molecule has 1 fully saturated rings. The fourth-order valence-corrected chi connectivity index (χ4v) is 2.75. The summed E-state index contributed by atoms with van der Waals surface area (Å²) in [5.41, 5.74) is 0.438. The molecule has 0 aliphatic carbocycles. The Kier molecular flexibility index (Phi) is 4.94. The van der Waals surface area contributed by atoms with Gasteiger partial charge in [0.05, 0.1) is 12.5 Å². The maximum Gasteiger partial charge on any atom is 0.311 e. The maximum atomic E-state index is 12.9. The molecule has 1 heterocycles. The summed E-state index contributed by atoms with van der Waals surface area (Å²) in [7, 11) is 0. The van der Waals surface area contributed by atoms with Crippen molar-refractivity contribution < 1.29 is 18.7 Å². The molecule has 5 heteroatoms. The van der Waals surface area contributed by atoms with Gasteiger partial charge in [0.2, 0.25) is 0 Å². The van der Waals surface area contributed by atoms with Crippen LogP contribution in [0.4, 0.5) is 4.39 Å². The summed E-state index contributed by atoms with van der Waals surface area (Å²) in [6.07, 6.45) is 1.49. The van der Waals surface area contributed by atoms with Gasteiger partial charge in [-0.25, -0.2) is 4.39 Å². The molecule has 1 amide bonds. The molecule has 1 aromatic rings. The minimum absolute atomic E-state index is 0.170. The highest BCUT2D eigenvalue weighted by Crippen LogP contribution is 2.26. The first-order chi connectivity index (χ1) is 10.0. The molecule has 0 saturated carbocycles. The van der Waals surface area contributed by atoms with Crippen LogP contribution in [0.1, 0.15) is 37.0 Å². The van der Waals surface area contributed by atoms with Gasteiger partial charge in [-0.05, 0) is 51.0 Å². The van der Waals surface area contributed by atoms with Gasteiger partial charge in [-0.2, -0.15) is 0 Å². The number of halogens is 1. The van der Waals surface area contributed by atoms with Gasteiger partial charge in [-0.15, -0.1) is 0 Å². The second kappa shape index (κ2) is 6.70. The first kappa shape index (κ1) is 15.5. The standard InChI is InChI=1S/C16H20FNO3/c1-3-21-16(20)14-5-4-10-18(11(14)2)15(19)12-6-8-13(17)9-7-12/h6-9,11,14H,3-5,10H2,1-2H3. The molecular weight excluding hydrogens is 273 g/mol. The Balaban J connectivity index is 2.13. The molecular formula is C16H20FNO3. The van der Waals surface area contributed by atoms with Gasteiger partial charge in [0, 0.05) is 18.2 Å². The van der Waals surface area contributed by atoms with Gasteiger partial charge in [0.15, 0.2) is 0 Å². The summed E-state index contributed by atoms with van der Waals surface area (Å²) in [6.45, 7) is 4.58. The Labute approximate surface area is 123 Å². The van der Waals surface area contributed by atoms with E-state index in [-0.39, 0.29) is 29.7 Å². The molecule has 2 rings (SSSR count). The van der Waals surface area contributed by atoms with Crippen molar-refractivity contribution in [3.05, 3.63) is 35.6 Å². The molecule has 0 spiro atoms. The lowest BCUT2D eigenvalue weighted by Gasteiger charge is -2.38. The van der Waals surface area contributed by atoms with Crippen LogP contribution in [0.5, 0.6) is 0 Å². The number of carbonyl (C=O) groups excluding carboxylic acids is 2. The van der Waals surface area contributed by atoms with E-state index < -0.39 is 0 Å². The number of likely N-dealkylation sites (tertiary alicyclic amines) is 1. The number of rotatable bonds is 3. The largest absolute Gasteiger partial charge is 0.466 e. The molecule has 114 valence electrons. The number of hydrogen-bond acceptors (Lipinski definition) is 3.